The minimum atomic E-state index is -0.0653. The molecule has 10 aromatic rings. The van der Waals surface area contributed by atoms with Crippen molar-refractivity contribution >= 4 is 39.0 Å². The lowest BCUT2D eigenvalue weighted by molar-refractivity contribution is 0.660. The van der Waals surface area contributed by atoms with Gasteiger partial charge >= 0.3 is 0 Å². The largest absolute Gasteiger partial charge is 0.456 e. The normalized spacial score (nSPS) is 12.7. The van der Waals surface area contributed by atoms with Crippen molar-refractivity contribution in [3.63, 3.8) is 0 Å². The molecule has 1 heterocycles. The number of fused-ring (bicyclic) bond motifs is 6. The van der Waals surface area contributed by atoms with E-state index in [9.17, 15) is 0 Å². The first kappa shape index (κ1) is 34.8. The Hall–Kier alpha value is -7.42. The van der Waals surface area contributed by atoms with Crippen molar-refractivity contribution in [3.05, 3.63) is 223 Å². The Morgan fingerprint density at radius 3 is 1.71 bits per heavy atom. The Balaban J connectivity index is 1.12. The quantitative estimate of drug-likeness (QED) is 0.161. The van der Waals surface area contributed by atoms with Gasteiger partial charge in [-0.3, -0.25) is 0 Å². The molecule has 9 aromatic carbocycles. The molecule has 59 heavy (non-hydrogen) atoms. The van der Waals surface area contributed by atoms with Crippen LogP contribution in [0.2, 0.25) is 0 Å². The maximum absolute atomic E-state index is 6.53. The van der Waals surface area contributed by atoms with Crippen LogP contribution >= 0.6 is 0 Å². The number of rotatable bonds is 7. The Kier molecular flexibility index (Phi) is 8.20. The summed E-state index contributed by atoms with van der Waals surface area (Å²) in [4.78, 5) is 2.41. The molecule has 0 N–H and O–H groups in total. The van der Waals surface area contributed by atoms with Crippen LogP contribution in [0.25, 0.3) is 77.6 Å². The summed E-state index contributed by atoms with van der Waals surface area (Å²) in [6.07, 6.45) is 0. The van der Waals surface area contributed by atoms with Gasteiger partial charge in [-0.25, -0.2) is 0 Å². The highest BCUT2D eigenvalue weighted by Crippen LogP contribution is 2.51. The first-order valence-corrected chi connectivity index (χ1v) is 20.4. The molecule has 0 radical (unpaired) electrons. The zero-order valence-electron chi connectivity index (χ0n) is 33.1. The monoisotopic (exact) mass is 755 g/mol. The zero-order chi connectivity index (χ0) is 39.5. The third-order valence-corrected chi connectivity index (χ3v) is 12.3. The molecule has 0 amide bonds. The molecule has 0 atom stereocenters. The van der Waals surface area contributed by atoms with Crippen LogP contribution in [0.4, 0.5) is 17.1 Å². The summed E-state index contributed by atoms with van der Waals surface area (Å²) in [5.74, 6) is 0. The molecule has 1 aliphatic rings. The molecule has 0 spiro atoms. The molecule has 0 saturated carbocycles. The second-order valence-corrected chi connectivity index (χ2v) is 16.1. The van der Waals surface area contributed by atoms with Crippen LogP contribution in [-0.2, 0) is 5.41 Å². The van der Waals surface area contributed by atoms with E-state index in [1.165, 1.54) is 55.6 Å². The van der Waals surface area contributed by atoms with Gasteiger partial charge in [-0.15, -0.1) is 0 Å². The van der Waals surface area contributed by atoms with Gasteiger partial charge in [0.05, 0.1) is 5.69 Å². The number of hydrogen-bond donors (Lipinski definition) is 0. The summed E-state index contributed by atoms with van der Waals surface area (Å²) in [5, 5.41) is 2.23. The fourth-order valence-electron chi connectivity index (χ4n) is 9.41. The van der Waals surface area contributed by atoms with Crippen molar-refractivity contribution in [1.82, 2.24) is 0 Å². The van der Waals surface area contributed by atoms with Crippen LogP contribution in [0.1, 0.15) is 25.0 Å². The van der Waals surface area contributed by atoms with Crippen molar-refractivity contribution in [3.8, 4) is 55.6 Å². The van der Waals surface area contributed by atoms with Crippen LogP contribution < -0.4 is 4.90 Å². The lowest BCUT2D eigenvalue weighted by Gasteiger charge is -2.30. The van der Waals surface area contributed by atoms with Crippen molar-refractivity contribution in [2.24, 2.45) is 0 Å². The van der Waals surface area contributed by atoms with Crippen molar-refractivity contribution in [2.45, 2.75) is 19.3 Å². The molecule has 2 nitrogen and oxygen atoms in total. The third kappa shape index (κ3) is 5.79. The number of benzene rings is 9. The van der Waals surface area contributed by atoms with Crippen LogP contribution in [0.3, 0.4) is 0 Å². The molecule has 0 bridgehead atoms. The fourth-order valence-corrected chi connectivity index (χ4v) is 9.41. The van der Waals surface area contributed by atoms with E-state index in [1.807, 2.05) is 12.1 Å². The van der Waals surface area contributed by atoms with Crippen molar-refractivity contribution < 1.29 is 4.42 Å². The second kappa shape index (κ2) is 13.9. The highest BCUT2D eigenvalue weighted by atomic mass is 16.3. The minimum absolute atomic E-state index is 0.0653. The molecule has 2 heteroatoms. The molecule has 0 aliphatic heterocycles. The average Bonchev–Trinajstić information content (AvgIpc) is 3.78. The maximum Gasteiger partial charge on any atom is 0.137 e. The topological polar surface area (TPSA) is 16.4 Å². The molecular formula is C57H41NO. The number of furan rings is 1. The summed E-state index contributed by atoms with van der Waals surface area (Å²) in [7, 11) is 0. The molecular weight excluding hydrogens is 715 g/mol. The van der Waals surface area contributed by atoms with E-state index < -0.39 is 0 Å². The summed E-state index contributed by atoms with van der Waals surface area (Å²) in [6.45, 7) is 4.69. The van der Waals surface area contributed by atoms with Gasteiger partial charge in [-0.1, -0.05) is 178 Å². The smallest absolute Gasteiger partial charge is 0.137 e. The molecule has 0 saturated heterocycles. The summed E-state index contributed by atoms with van der Waals surface area (Å²) < 4.78 is 6.53. The van der Waals surface area contributed by atoms with Gasteiger partial charge in [0.1, 0.15) is 11.2 Å². The lowest BCUT2D eigenvalue weighted by Crippen LogP contribution is -2.14. The number of nitrogens with zero attached hydrogens (tertiary/aromatic N) is 1. The van der Waals surface area contributed by atoms with E-state index in [0.717, 1.165) is 50.1 Å². The standard InChI is InChI=1S/C57H41NO/c1-57(2)51-25-13-11-21-46(51)47-34-30-41(36-52(47)57)38-28-31-42(32-29-38)58(43-33-35-49-48-22-12-14-27-54(48)59-55(49)37-43)53-26-15-24-45(40-18-7-4-8-19-40)56(53)50-23-10-9-20-44(50)39-16-5-3-6-17-39/h3-37H,1-2H3. The van der Waals surface area contributed by atoms with Gasteiger partial charge in [0, 0.05) is 39.2 Å². The Labute approximate surface area is 345 Å². The van der Waals surface area contributed by atoms with Gasteiger partial charge in [0.2, 0.25) is 0 Å². The minimum Gasteiger partial charge on any atom is -0.456 e. The Morgan fingerprint density at radius 1 is 0.356 bits per heavy atom. The average molecular weight is 756 g/mol. The van der Waals surface area contributed by atoms with Crippen LogP contribution in [0, 0.1) is 0 Å². The third-order valence-electron chi connectivity index (χ3n) is 12.3. The van der Waals surface area contributed by atoms with Crippen LogP contribution in [0.5, 0.6) is 0 Å². The SMILES string of the molecule is CC1(C)c2ccccc2-c2ccc(-c3ccc(N(c4ccc5c(c4)oc4ccccc45)c4cccc(-c5ccccc5)c4-c4ccccc4-c4ccccc4)cc3)cc21. The summed E-state index contributed by atoms with van der Waals surface area (Å²) in [6, 6.07) is 76.9. The predicted octanol–water partition coefficient (Wildman–Crippen LogP) is 16.0. The first-order valence-electron chi connectivity index (χ1n) is 20.4. The van der Waals surface area contributed by atoms with E-state index in [1.54, 1.807) is 0 Å². The van der Waals surface area contributed by atoms with E-state index in [2.05, 4.69) is 219 Å². The van der Waals surface area contributed by atoms with Gasteiger partial charge in [-0.2, -0.15) is 0 Å². The van der Waals surface area contributed by atoms with Crippen LogP contribution in [0.15, 0.2) is 217 Å². The molecule has 1 aromatic heterocycles. The summed E-state index contributed by atoms with van der Waals surface area (Å²) in [5.41, 5.74) is 19.7. The first-order chi connectivity index (χ1) is 29.0. The fraction of sp³-hybridized carbons (Fsp3) is 0.0526. The van der Waals surface area contributed by atoms with Crippen molar-refractivity contribution in [1.29, 1.82) is 0 Å². The number of hydrogen-bond acceptors (Lipinski definition) is 2. The molecule has 11 rings (SSSR count). The highest BCUT2D eigenvalue weighted by Gasteiger charge is 2.35. The summed E-state index contributed by atoms with van der Waals surface area (Å²) >= 11 is 0. The predicted molar refractivity (Wildman–Crippen MR) is 248 cm³/mol. The Morgan fingerprint density at radius 2 is 0.932 bits per heavy atom. The zero-order valence-corrected chi connectivity index (χ0v) is 33.1. The second-order valence-electron chi connectivity index (χ2n) is 16.1. The van der Waals surface area contributed by atoms with E-state index in [4.69, 9.17) is 4.42 Å². The molecule has 280 valence electrons. The van der Waals surface area contributed by atoms with E-state index in [0.29, 0.717) is 0 Å². The van der Waals surface area contributed by atoms with Gasteiger partial charge in [0.15, 0.2) is 0 Å². The number of anilines is 3. The van der Waals surface area contributed by atoms with Gasteiger partial charge < -0.3 is 9.32 Å². The van der Waals surface area contributed by atoms with Crippen LogP contribution in [-0.4, -0.2) is 0 Å². The van der Waals surface area contributed by atoms with E-state index >= 15 is 0 Å². The van der Waals surface area contributed by atoms with Gasteiger partial charge in [-0.05, 0) is 104 Å². The van der Waals surface area contributed by atoms with Crippen molar-refractivity contribution in [2.75, 3.05) is 4.90 Å². The molecule has 1 aliphatic carbocycles. The van der Waals surface area contributed by atoms with Gasteiger partial charge in [0.25, 0.3) is 0 Å². The maximum atomic E-state index is 6.53. The van der Waals surface area contributed by atoms with E-state index in [-0.39, 0.29) is 5.41 Å². The lowest BCUT2D eigenvalue weighted by atomic mass is 9.81. The highest BCUT2D eigenvalue weighted by molar-refractivity contribution is 6.07. The Bertz CT molecular complexity index is 3170. The molecule has 0 unspecified atom stereocenters. The number of para-hydroxylation sites is 1. The molecule has 0 fully saturated rings.